The number of para-hydroxylation sites is 1. The van der Waals surface area contributed by atoms with Crippen LogP contribution in [0.25, 0.3) is 11.1 Å². The summed E-state index contributed by atoms with van der Waals surface area (Å²) in [6.45, 7) is 1.75. The van der Waals surface area contributed by atoms with Crippen LogP contribution in [0.15, 0.2) is 40.8 Å². The van der Waals surface area contributed by atoms with Crippen molar-refractivity contribution in [3.63, 3.8) is 0 Å². The molecule has 0 saturated heterocycles. The number of fused-ring (bicyclic) bond motifs is 1. The van der Waals surface area contributed by atoms with Crippen LogP contribution in [0.2, 0.25) is 0 Å². The van der Waals surface area contributed by atoms with Gasteiger partial charge in [-0.3, -0.25) is 4.79 Å². The molecule has 1 aromatic heterocycles. The van der Waals surface area contributed by atoms with Gasteiger partial charge in [-0.15, -0.1) is 0 Å². The average molecular weight is 283 g/mol. The molecule has 0 aliphatic carbocycles. The molecule has 6 nitrogen and oxygen atoms in total. The molecule has 3 aromatic rings. The number of nitrogens with zero attached hydrogens (tertiary/aromatic N) is 1. The molecule has 0 unspecified atom stereocenters. The number of aryl methyl sites for hydroxylation is 1. The molecule has 1 amide bonds. The Morgan fingerprint density at radius 2 is 2.14 bits per heavy atom. The SMILES string of the molecule is Cc1nc2cc(NC(=O)c3cccc(N)c3O)ccc2o1. The van der Waals surface area contributed by atoms with Gasteiger partial charge < -0.3 is 20.6 Å². The molecule has 3 rings (SSSR count). The second-order valence-electron chi connectivity index (χ2n) is 4.61. The maximum atomic E-state index is 12.2. The summed E-state index contributed by atoms with van der Waals surface area (Å²) in [5.74, 6) is -0.116. The van der Waals surface area contributed by atoms with Gasteiger partial charge in [-0.05, 0) is 30.3 Å². The Labute approximate surface area is 120 Å². The first kappa shape index (κ1) is 13.0. The number of carbonyl (C=O) groups excluding carboxylic acids is 1. The van der Waals surface area contributed by atoms with Gasteiger partial charge in [0.1, 0.15) is 5.52 Å². The number of nitrogens with one attached hydrogen (secondary N) is 1. The summed E-state index contributed by atoms with van der Waals surface area (Å²) < 4.78 is 5.37. The molecule has 2 aromatic carbocycles. The number of hydrogen-bond donors (Lipinski definition) is 3. The van der Waals surface area contributed by atoms with Crippen LogP contribution in [-0.2, 0) is 0 Å². The summed E-state index contributed by atoms with van der Waals surface area (Å²) in [6.07, 6.45) is 0. The third-order valence-corrected chi connectivity index (χ3v) is 3.06. The van der Waals surface area contributed by atoms with Crippen LogP contribution >= 0.6 is 0 Å². The Morgan fingerprint density at radius 3 is 2.95 bits per heavy atom. The molecule has 6 heteroatoms. The number of carbonyl (C=O) groups is 1. The van der Waals surface area contributed by atoms with Crippen molar-refractivity contribution in [2.75, 3.05) is 11.1 Å². The maximum Gasteiger partial charge on any atom is 0.259 e. The predicted molar refractivity (Wildman–Crippen MR) is 79.2 cm³/mol. The second kappa shape index (κ2) is 4.82. The number of aromatic hydroxyl groups is 1. The van der Waals surface area contributed by atoms with E-state index in [-0.39, 0.29) is 17.0 Å². The summed E-state index contributed by atoms with van der Waals surface area (Å²) in [5.41, 5.74) is 7.71. The molecule has 0 atom stereocenters. The van der Waals surface area contributed by atoms with Crippen molar-refractivity contribution < 1.29 is 14.3 Å². The monoisotopic (exact) mass is 283 g/mol. The number of aromatic nitrogens is 1. The lowest BCUT2D eigenvalue weighted by molar-refractivity contribution is 0.102. The van der Waals surface area contributed by atoms with Crippen molar-refractivity contribution in [1.82, 2.24) is 4.98 Å². The maximum absolute atomic E-state index is 12.2. The van der Waals surface area contributed by atoms with Crippen molar-refractivity contribution in [3.8, 4) is 5.75 Å². The first-order chi connectivity index (χ1) is 10.0. The molecule has 1 heterocycles. The van der Waals surface area contributed by atoms with Crippen molar-refractivity contribution in [2.45, 2.75) is 6.92 Å². The largest absolute Gasteiger partial charge is 0.505 e. The highest BCUT2D eigenvalue weighted by Gasteiger charge is 2.13. The number of rotatable bonds is 2. The normalized spacial score (nSPS) is 10.7. The summed E-state index contributed by atoms with van der Waals surface area (Å²) in [6, 6.07) is 9.76. The number of amides is 1. The third kappa shape index (κ3) is 2.38. The highest BCUT2D eigenvalue weighted by molar-refractivity contribution is 6.07. The number of nitrogen functional groups attached to an aromatic ring is 1. The highest BCUT2D eigenvalue weighted by atomic mass is 16.3. The second-order valence-corrected chi connectivity index (χ2v) is 4.61. The molecule has 0 spiro atoms. The summed E-state index contributed by atoms with van der Waals surface area (Å²) in [4.78, 5) is 16.4. The fraction of sp³-hybridized carbons (Fsp3) is 0.0667. The van der Waals surface area contributed by atoms with Crippen molar-refractivity contribution in [2.24, 2.45) is 0 Å². The Morgan fingerprint density at radius 1 is 1.33 bits per heavy atom. The van der Waals surface area contributed by atoms with Gasteiger partial charge in [0.25, 0.3) is 5.91 Å². The fourth-order valence-corrected chi connectivity index (χ4v) is 2.06. The number of phenols is 1. The van der Waals surface area contributed by atoms with E-state index in [1.165, 1.54) is 12.1 Å². The van der Waals surface area contributed by atoms with Gasteiger partial charge >= 0.3 is 0 Å². The summed E-state index contributed by atoms with van der Waals surface area (Å²) in [5, 5.41) is 12.5. The zero-order valence-electron chi connectivity index (χ0n) is 11.3. The lowest BCUT2D eigenvalue weighted by atomic mass is 10.1. The lowest BCUT2D eigenvalue weighted by Crippen LogP contribution is -2.12. The van der Waals surface area contributed by atoms with E-state index in [0.29, 0.717) is 22.7 Å². The van der Waals surface area contributed by atoms with E-state index in [2.05, 4.69) is 10.3 Å². The van der Waals surface area contributed by atoms with Crippen LogP contribution in [0.4, 0.5) is 11.4 Å². The van der Waals surface area contributed by atoms with Gasteiger partial charge in [0.15, 0.2) is 17.2 Å². The first-order valence-electron chi connectivity index (χ1n) is 6.30. The Balaban J connectivity index is 1.90. The third-order valence-electron chi connectivity index (χ3n) is 3.06. The van der Waals surface area contributed by atoms with E-state index >= 15 is 0 Å². The summed E-state index contributed by atoms with van der Waals surface area (Å²) >= 11 is 0. The molecular weight excluding hydrogens is 270 g/mol. The first-order valence-corrected chi connectivity index (χ1v) is 6.30. The Kier molecular flexibility index (Phi) is 2.98. The predicted octanol–water partition coefficient (Wildman–Crippen LogP) is 2.68. The van der Waals surface area contributed by atoms with Gasteiger partial charge in [0.05, 0.1) is 11.3 Å². The van der Waals surface area contributed by atoms with Gasteiger partial charge in [-0.2, -0.15) is 0 Å². The topological polar surface area (TPSA) is 101 Å². The van der Waals surface area contributed by atoms with Crippen molar-refractivity contribution in [1.29, 1.82) is 0 Å². The summed E-state index contributed by atoms with van der Waals surface area (Å²) in [7, 11) is 0. The quantitative estimate of drug-likeness (QED) is 0.496. The minimum atomic E-state index is -0.445. The number of nitrogens with two attached hydrogens (primary N) is 1. The molecule has 0 radical (unpaired) electrons. The molecule has 0 bridgehead atoms. The van der Waals surface area contributed by atoms with Crippen LogP contribution < -0.4 is 11.1 Å². The van der Waals surface area contributed by atoms with E-state index in [1.807, 2.05) is 0 Å². The minimum absolute atomic E-state index is 0.117. The number of benzene rings is 2. The Bertz CT molecular complexity index is 839. The number of oxazole rings is 1. The van der Waals surface area contributed by atoms with Crippen LogP contribution in [0, 0.1) is 6.92 Å². The molecule has 106 valence electrons. The van der Waals surface area contributed by atoms with Crippen molar-refractivity contribution in [3.05, 3.63) is 47.9 Å². The average Bonchev–Trinajstić information content (AvgIpc) is 2.81. The molecule has 21 heavy (non-hydrogen) atoms. The smallest absolute Gasteiger partial charge is 0.259 e. The van der Waals surface area contributed by atoms with E-state index in [4.69, 9.17) is 10.2 Å². The number of phenolic OH excluding ortho intramolecular Hbond substituents is 1. The molecule has 0 saturated carbocycles. The Hall–Kier alpha value is -3.02. The van der Waals surface area contributed by atoms with Gasteiger partial charge in [0, 0.05) is 12.6 Å². The molecule has 0 fully saturated rings. The van der Waals surface area contributed by atoms with Gasteiger partial charge in [-0.25, -0.2) is 4.98 Å². The van der Waals surface area contributed by atoms with Crippen LogP contribution in [0.5, 0.6) is 5.75 Å². The van der Waals surface area contributed by atoms with Crippen LogP contribution in [-0.4, -0.2) is 16.0 Å². The highest BCUT2D eigenvalue weighted by Crippen LogP contribution is 2.26. The fourth-order valence-electron chi connectivity index (χ4n) is 2.06. The zero-order valence-corrected chi connectivity index (χ0v) is 11.3. The van der Waals surface area contributed by atoms with E-state index < -0.39 is 5.91 Å². The molecular formula is C15H13N3O3. The lowest BCUT2D eigenvalue weighted by Gasteiger charge is -2.08. The molecule has 0 aliphatic heterocycles. The zero-order chi connectivity index (χ0) is 15.0. The van der Waals surface area contributed by atoms with E-state index in [1.54, 1.807) is 31.2 Å². The van der Waals surface area contributed by atoms with Gasteiger partial charge in [-0.1, -0.05) is 6.07 Å². The minimum Gasteiger partial charge on any atom is -0.505 e. The van der Waals surface area contributed by atoms with Gasteiger partial charge in [0.2, 0.25) is 0 Å². The van der Waals surface area contributed by atoms with Crippen LogP contribution in [0.1, 0.15) is 16.2 Å². The van der Waals surface area contributed by atoms with Crippen LogP contribution in [0.3, 0.4) is 0 Å². The van der Waals surface area contributed by atoms with Crippen molar-refractivity contribution >= 4 is 28.4 Å². The standard InChI is InChI=1S/C15H13N3O3/c1-8-17-12-7-9(5-6-13(12)21-8)18-15(20)10-3-2-4-11(16)14(10)19/h2-7,19H,16H2,1H3,(H,18,20). The molecule has 0 aliphatic rings. The molecule has 4 N–H and O–H groups in total. The number of anilines is 2. The van der Waals surface area contributed by atoms with E-state index in [9.17, 15) is 9.90 Å². The number of hydrogen-bond acceptors (Lipinski definition) is 5. The van der Waals surface area contributed by atoms with E-state index in [0.717, 1.165) is 0 Å².